The van der Waals surface area contributed by atoms with E-state index >= 15 is 0 Å². The SMILES string of the molecule is CCc1ccc(CNC(=O)CN2CCNCC2c2cccc(F)c2)s1. The fraction of sp³-hybridized carbons (Fsp3) is 0.421. The first-order valence-electron chi connectivity index (χ1n) is 8.70. The van der Waals surface area contributed by atoms with Crippen LogP contribution in [0.5, 0.6) is 0 Å². The van der Waals surface area contributed by atoms with Crippen molar-refractivity contribution >= 4 is 17.2 Å². The van der Waals surface area contributed by atoms with Crippen LogP contribution in [-0.2, 0) is 17.8 Å². The van der Waals surface area contributed by atoms with Crippen molar-refractivity contribution in [1.82, 2.24) is 15.5 Å². The van der Waals surface area contributed by atoms with E-state index in [9.17, 15) is 9.18 Å². The molecule has 134 valence electrons. The van der Waals surface area contributed by atoms with Crippen molar-refractivity contribution in [2.45, 2.75) is 25.9 Å². The number of hydrogen-bond acceptors (Lipinski definition) is 4. The largest absolute Gasteiger partial charge is 0.350 e. The van der Waals surface area contributed by atoms with Crippen LogP contribution >= 0.6 is 11.3 Å². The summed E-state index contributed by atoms with van der Waals surface area (Å²) in [5.74, 6) is -0.230. The van der Waals surface area contributed by atoms with Gasteiger partial charge in [-0.25, -0.2) is 4.39 Å². The van der Waals surface area contributed by atoms with Crippen molar-refractivity contribution in [3.05, 3.63) is 57.5 Å². The number of thiophene rings is 1. The highest BCUT2D eigenvalue weighted by atomic mass is 32.1. The van der Waals surface area contributed by atoms with Crippen LogP contribution in [-0.4, -0.2) is 37.0 Å². The monoisotopic (exact) mass is 361 g/mol. The van der Waals surface area contributed by atoms with Crippen LogP contribution in [0.2, 0.25) is 0 Å². The maximum Gasteiger partial charge on any atom is 0.234 e. The van der Waals surface area contributed by atoms with E-state index in [-0.39, 0.29) is 17.8 Å². The number of amides is 1. The van der Waals surface area contributed by atoms with E-state index in [1.54, 1.807) is 23.5 Å². The number of halogens is 1. The molecule has 4 nitrogen and oxygen atoms in total. The number of carbonyl (C=O) groups excluding carboxylic acids is 1. The van der Waals surface area contributed by atoms with E-state index in [2.05, 4.69) is 34.6 Å². The zero-order valence-corrected chi connectivity index (χ0v) is 15.2. The predicted octanol–water partition coefficient (Wildman–Crippen LogP) is 2.71. The van der Waals surface area contributed by atoms with Crippen LogP contribution in [0.3, 0.4) is 0 Å². The summed E-state index contributed by atoms with van der Waals surface area (Å²) in [6, 6.07) is 10.8. The summed E-state index contributed by atoms with van der Waals surface area (Å²) >= 11 is 1.74. The molecule has 0 saturated carbocycles. The molecule has 2 N–H and O–H groups in total. The lowest BCUT2D eigenvalue weighted by Crippen LogP contribution is -2.49. The van der Waals surface area contributed by atoms with Gasteiger partial charge in [0.2, 0.25) is 5.91 Å². The Kier molecular flexibility index (Phi) is 6.18. The van der Waals surface area contributed by atoms with E-state index in [0.29, 0.717) is 13.1 Å². The van der Waals surface area contributed by atoms with Crippen LogP contribution < -0.4 is 10.6 Å². The third kappa shape index (κ3) is 4.87. The number of rotatable bonds is 6. The second kappa shape index (κ2) is 8.56. The maximum absolute atomic E-state index is 13.5. The first-order valence-corrected chi connectivity index (χ1v) is 9.52. The molecule has 0 bridgehead atoms. The fourth-order valence-corrected chi connectivity index (χ4v) is 4.01. The maximum atomic E-state index is 13.5. The van der Waals surface area contributed by atoms with Crippen LogP contribution in [0.1, 0.15) is 28.3 Å². The Morgan fingerprint density at radius 2 is 2.20 bits per heavy atom. The summed E-state index contributed by atoms with van der Waals surface area (Å²) in [7, 11) is 0. The molecule has 1 aliphatic rings. The van der Waals surface area contributed by atoms with Crippen molar-refractivity contribution in [1.29, 1.82) is 0 Å². The van der Waals surface area contributed by atoms with Gasteiger partial charge in [0.25, 0.3) is 0 Å². The Morgan fingerprint density at radius 1 is 1.36 bits per heavy atom. The molecule has 2 heterocycles. The number of benzene rings is 1. The molecule has 1 fully saturated rings. The highest BCUT2D eigenvalue weighted by Gasteiger charge is 2.25. The number of piperazine rings is 1. The van der Waals surface area contributed by atoms with Gasteiger partial charge in [0.15, 0.2) is 0 Å². The smallest absolute Gasteiger partial charge is 0.234 e. The standard InChI is InChI=1S/C19H24FN3OS/c1-2-16-6-7-17(25-16)11-22-19(24)13-23-9-8-21-12-18(23)14-4-3-5-15(20)10-14/h3-7,10,18,21H,2,8-9,11-13H2,1H3,(H,22,24). The number of nitrogens with one attached hydrogen (secondary N) is 2. The van der Waals surface area contributed by atoms with Gasteiger partial charge in [-0.3, -0.25) is 9.69 Å². The lowest BCUT2D eigenvalue weighted by Gasteiger charge is -2.36. The lowest BCUT2D eigenvalue weighted by atomic mass is 10.0. The molecule has 1 aromatic carbocycles. The second-order valence-corrected chi connectivity index (χ2v) is 7.50. The average Bonchev–Trinajstić information content (AvgIpc) is 3.09. The Hall–Kier alpha value is -1.76. The molecule has 1 unspecified atom stereocenters. The second-order valence-electron chi connectivity index (χ2n) is 6.24. The Bertz CT molecular complexity index is 718. The molecule has 1 atom stereocenters. The minimum Gasteiger partial charge on any atom is -0.350 e. The van der Waals surface area contributed by atoms with Crippen molar-refractivity contribution in [2.75, 3.05) is 26.2 Å². The topological polar surface area (TPSA) is 44.4 Å². The number of aryl methyl sites for hydroxylation is 1. The van der Waals surface area contributed by atoms with E-state index in [1.807, 2.05) is 6.07 Å². The zero-order chi connectivity index (χ0) is 17.6. The lowest BCUT2D eigenvalue weighted by molar-refractivity contribution is -0.123. The van der Waals surface area contributed by atoms with Crippen molar-refractivity contribution in [3.63, 3.8) is 0 Å². The van der Waals surface area contributed by atoms with Gasteiger partial charge in [0.1, 0.15) is 5.82 Å². The van der Waals surface area contributed by atoms with Gasteiger partial charge in [-0.05, 0) is 36.2 Å². The summed E-state index contributed by atoms with van der Waals surface area (Å²) in [5.41, 5.74) is 0.908. The van der Waals surface area contributed by atoms with Gasteiger partial charge in [-0.1, -0.05) is 19.1 Å². The third-order valence-corrected chi connectivity index (χ3v) is 5.69. The summed E-state index contributed by atoms with van der Waals surface area (Å²) < 4.78 is 13.5. The number of hydrogen-bond donors (Lipinski definition) is 2. The minimum absolute atomic E-state index is 0.00903. The van der Waals surface area contributed by atoms with Gasteiger partial charge >= 0.3 is 0 Å². The summed E-state index contributed by atoms with van der Waals surface area (Å²) in [5, 5.41) is 6.33. The Morgan fingerprint density at radius 3 is 2.96 bits per heavy atom. The molecule has 0 aliphatic carbocycles. The molecule has 6 heteroatoms. The van der Waals surface area contributed by atoms with Gasteiger partial charge < -0.3 is 10.6 Å². The van der Waals surface area contributed by atoms with Crippen LogP contribution in [0.25, 0.3) is 0 Å². The van der Waals surface area contributed by atoms with E-state index < -0.39 is 0 Å². The van der Waals surface area contributed by atoms with Gasteiger partial charge in [-0.15, -0.1) is 11.3 Å². The molecule has 1 saturated heterocycles. The predicted molar refractivity (Wildman–Crippen MR) is 99.1 cm³/mol. The zero-order valence-electron chi connectivity index (χ0n) is 14.4. The Balaban J connectivity index is 1.58. The van der Waals surface area contributed by atoms with Crippen LogP contribution in [0.4, 0.5) is 4.39 Å². The van der Waals surface area contributed by atoms with Gasteiger partial charge in [-0.2, -0.15) is 0 Å². The molecule has 2 aromatic rings. The van der Waals surface area contributed by atoms with Crippen molar-refractivity contribution in [3.8, 4) is 0 Å². The molecular weight excluding hydrogens is 337 g/mol. The van der Waals surface area contributed by atoms with Crippen LogP contribution in [0, 0.1) is 5.82 Å². The van der Waals surface area contributed by atoms with Crippen LogP contribution in [0.15, 0.2) is 36.4 Å². The molecule has 0 spiro atoms. The minimum atomic E-state index is -0.239. The van der Waals surface area contributed by atoms with Crippen molar-refractivity contribution < 1.29 is 9.18 Å². The first kappa shape index (κ1) is 18.0. The van der Waals surface area contributed by atoms with Gasteiger partial charge in [0, 0.05) is 35.4 Å². The molecular formula is C19H24FN3OS. The molecule has 3 rings (SSSR count). The average molecular weight is 361 g/mol. The number of carbonyl (C=O) groups is 1. The summed E-state index contributed by atoms with van der Waals surface area (Å²) in [6.45, 7) is 5.36. The molecule has 25 heavy (non-hydrogen) atoms. The quantitative estimate of drug-likeness (QED) is 0.832. The Labute approximate surface area is 152 Å². The number of nitrogens with zero attached hydrogens (tertiary/aromatic N) is 1. The highest BCUT2D eigenvalue weighted by molar-refractivity contribution is 7.11. The van der Waals surface area contributed by atoms with Gasteiger partial charge in [0.05, 0.1) is 13.1 Å². The fourth-order valence-electron chi connectivity index (χ4n) is 3.11. The molecule has 0 radical (unpaired) electrons. The summed E-state index contributed by atoms with van der Waals surface area (Å²) in [6.07, 6.45) is 1.02. The molecule has 1 amide bonds. The molecule has 1 aromatic heterocycles. The van der Waals surface area contributed by atoms with E-state index in [1.165, 1.54) is 15.8 Å². The normalized spacial score (nSPS) is 18.2. The van der Waals surface area contributed by atoms with E-state index in [0.717, 1.165) is 31.6 Å². The highest BCUT2D eigenvalue weighted by Crippen LogP contribution is 2.22. The van der Waals surface area contributed by atoms with E-state index in [4.69, 9.17) is 0 Å². The first-order chi connectivity index (χ1) is 12.2. The van der Waals surface area contributed by atoms with Crippen molar-refractivity contribution in [2.24, 2.45) is 0 Å². The summed E-state index contributed by atoms with van der Waals surface area (Å²) in [4.78, 5) is 17.0. The molecule has 1 aliphatic heterocycles. The third-order valence-electron chi connectivity index (χ3n) is 4.46.